The Morgan fingerprint density at radius 1 is 0.955 bits per heavy atom. The van der Waals surface area contributed by atoms with Gasteiger partial charge in [0.05, 0.1) is 0 Å². The van der Waals surface area contributed by atoms with Crippen LogP contribution in [0.5, 0.6) is 0 Å². The molecule has 0 aliphatic rings. The van der Waals surface area contributed by atoms with Gasteiger partial charge in [-0.1, -0.05) is 57.7 Å². The second kappa shape index (κ2) is 6.48. The van der Waals surface area contributed by atoms with Crippen molar-refractivity contribution in [2.75, 3.05) is 5.32 Å². The molecule has 0 spiro atoms. The minimum Gasteiger partial charge on any atom is -0.342 e. The zero-order valence-electron chi connectivity index (χ0n) is 13.3. The third-order valence-corrected chi connectivity index (χ3v) is 3.35. The molecule has 0 fully saturated rings. The number of anilines is 1. The Morgan fingerprint density at radius 2 is 1.55 bits per heavy atom. The molecular formula is C19H22N2O. The number of amides is 1. The van der Waals surface area contributed by atoms with Crippen LogP contribution < -0.4 is 10.6 Å². The average Bonchev–Trinajstić information content (AvgIpc) is 2.47. The molecule has 0 aliphatic heterocycles. The first kappa shape index (κ1) is 15.8. The topological polar surface area (TPSA) is 41.1 Å². The molecule has 22 heavy (non-hydrogen) atoms. The number of benzene rings is 2. The molecule has 0 saturated carbocycles. The van der Waals surface area contributed by atoms with Gasteiger partial charge in [0, 0.05) is 11.3 Å². The van der Waals surface area contributed by atoms with E-state index in [0.29, 0.717) is 11.4 Å². The highest BCUT2D eigenvalue weighted by Crippen LogP contribution is 2.22. The molecule has 2 rings (SSSR count). The summed E-state index contributed by atoms with van der Waals surface area (Å²) in [5.74, 6) is 0.282. The van der Waals surface area contributed by atoms with Crippen LogP contribution in [0.15, 0.2) is 67.0 Å². The van der Waals surface area contributed by atoms with E-state index in [0.717, 1.165) is 5.69 Å². The lowest BCUT2D eigenvalue weighted by atomic mass is 9.87. The predicted molar refractivity (Wildman–Crippen MR) is 91.8 cm³/mol. The van der Waals surface area contributed by atoms with Gasteiger partial charge in [-0.2, -0.15) is 0 Å². The highest BCUT2D eigenvalue weighted by molar-refractivity contribution is 5.95. The van der Waals surface area contributed by atoms with Crippen molar-refractivity contribution in [2.24, 2.45) is 0 Å². The van der Waals surface area contributed by atoms with E-state index in [-0.39, 0.29) is 11.3 Å². The van der Waals surface area contributed by atoms with Gasteiger partial charge >= 0.3 is 0 Å². The molecule has 0 aromatic heterocycles. The normalized spacial score (nSPS) is 10.9. The van der Waals surface area contributed by atoms with Crippen molar-refractivity contribution in [2.45, 2.75) is 26.2 Å². The lowest BCUT2D eigenvalue weighted by molar-refractivity contribution is 0.0966. The fourth-order valence-electron chi connectivity index (χ4n) is 2.06. The number of hydrogen-bond acceptors (Lipinski definition) is 2. The molecule has 3 heteroatoms. The highest BCUT2D eigenvalue weighted by atomic mass is 16.1. The van der Waals surface area contributed by atoms with E-state index < -0.39 is 0 Å². The molecule has 0 radical (unpaired) electrons. The van der Waals surface area contributed by atoms with E-state index >= 15 is 0 Å². The predicted octanol–water partition coefficient (Wildman–Crippen LogP) is 4.30. The summed E-state index contributed by atoms with van der Waals surface area (Å²) in [6, 6.07) is 17.3. The van der Waals surface area contributed by atoms with Gasteiger partial charge in [-0.05, 0) is 35.2 Å². The van der Waals surface area contributed by atoms with Crippen molar-refractivity contribution >= 4 is 11.6 Å². The van der Waals surface area contributed by atoms with E-state index in [1.54, 1.807) is 0 Å². The van der Waals surface area contributed by atoms with Crippen LogP contribution in [0.3, 0.4) is 0 Å². The Labute approximate surface area is 132 Å². The SMILES string of the molecule is C=C(NC(=O)c1ccc(C(C)(C)C)cc1)Nc1ccccc1. The van der Waals surface area contributed by atoms with Crippen LogP contribution >= 0.6 is 0 Å². The van der Waals surface area contributed by atoms with Crippen molar-refractivity contribution in [1.82, 2.24) is 5.32 Å². The molecule has 0 aliphatic carbocycles. The zero-order valence-corrected chi connectivity index (χ0v) is 13.3. The summed E-state index contributed by atoms with van der Waals surface area (Å²) < 4.78 is 0. The van der Waals surface area contributed by atoms with Crippen molar-refractivity contribution in [1.29, 1.82) is 0 Å². The van der Waals surface area contributed by atoms with Crippen molar-refractivity contribution in [3.8, 4) is 0 Å². The maximum atomic E-state index is 12.2. The van der Waals surface area contributed by atoms with E-state index in [1.807, 2.05) is 54.6 Å². The third kappa shape index (κ3) is 4.22. The molecule has 2 aromatic carbocycles. The first-order chi connectivity index (χ1) is 10.4. The maximum absolute atomic E-state index is 12.2. The van der Waals surface area contributed by atoms with E-state index in [4.69, 9.17) is 0 Å². The van der Waals surface area contributed by atoms with Crippen LogP contribution in [0.1, 0.15) is 36.7 Å². The molecule has 0 atom stereocenters. The molecular weight excluding hydrogens is 272 g/mol. The Balaban J connectivity index is 1.98. The summed E-state index contributed by atoms with van der Waals surface area (Å²) in [7, 11) is 0. The van der Waals surface area contributed by atoms with E-state index in [2.05, 4.69) is 38.0 Å². The number of nitrogens with one attached hydrogen (secondary N) is 2. The molecule has 1 amide bonds. The largest absolute Gasteiger partial charge is 0.342 e. The van der Waals surface area contributed by atoms with Crippen LogP contribution in [-0.4, -0.2) is 5.91 Å². The average molecular weight is 294 g/mol. The van der Waals surface area contributed by atoms with Gasteiger partial charge in [0.1, 0.15) is 5.82 Å². The highest BCUT2D eigenvalue weighted by Gasteiger charge is 2.14. The second-order valence-electron chi connectivity index (χ2n) is 6.25. The Kier molecular flexibility index (Phi) is 4.66. The van der Waals surface area contributed by atoms with E-state index in [1.165, 1.54) is 5.56 Å². The minimum atomic E-state index is -0.172. The maximum Gasteiger partial charge on any atom is 0.256 e. The van der Waals surface area contributed by atoms with Gasteiger partial charge in [0.25, 0.3) is 5.91 Å². The summed E-state index contributed by atoms with van der Waals surface area (Å²) in [6.07, 6.45) is 0. The first-order valence-corrected chi connectivity index (χ1v) is 7.29. The Hall–Kier alpha value is -2.55. The summed E-state index contributed by atoms with van der Waals surface area (Å²) >= 11 is 0. The standard InChI is InChI=1S/C19H22N2O/c1-14(20-17-8-6-5-7-9-17)21-18(22)15-10-12-16(13-11-15)19(2,3)4/h5-13,20H,1H2,2-4H3,(H,21,22). The zero-order chi connectivity index (χ0) is 16.2. The Morgan fingerprint density at radius 3 is 2.09 bits per heavy atom. The molecule has 0 unspecified atom stereocenters. The second-order valence-corrected chi connectivity index (χ2v) is 6.25. The van der Waals surface area contributed by atoms with Crippen LogP contribution in [0.2, 0.25) is 0 Å². The van der Waals surface area contributed by atoms with Crippen LogP contribution in [0, 0.1) is 0 Å². The molecule has 2 aromatic rings. The fourth-order valence-corrected chi connectivity index (χ4v) is 2.06. The fraction of sp³-hybridized carbons (Fsp3) is 0.211. The molecule has 0 heterocycles. The van der Waals surface area contributed by atoms with Gasteiger partial charge in [-0.3, -0.25) is 4.79 Å². The quantitative estimate of drug-likeness (QED) is 0.883. The minimum absolute atomic E-state index is 0.0769. The van der Waals surface area contributed by atoms with Crippen LogP contribution in [-0.2, 0) is 5.41 Å². The lowest BCUT2D eigenvalue weighted by Crippen LogP contribution is -2.26. The van der Waals surface area contributed by atoms with Gasteiger partial charge in [-0.25, -0.2) is 0 Å². The number of hydrogen-bond donors (Lipinski definition) is 2. The van der Waals surface area contributed by atoms with Gasteiger partial charge < -0.3 is 10.6 Å². The van der Waals surface area contributed by atoms with Crippen LogP contribution in [0.25, 0.3) is 0 Å². The van der Waals surface area contributed by atoms with Crippen molar-refractivity contribution in [3.05, 3.63) is 78.1 Å². The summed E-state index contributed by atoms with van der Waals surface area (Å²) in [6.45, 7) is 10.3. The van der Waals surface area contributed by atoms with E-state index in [9.17, 15) is 4.79 Å². The molecule has 0 bridgehead atoms. The van der Waals surface area contributed by atoms with Gasteiger partial charge in [0.15, 0.2) is 0 Å². The monoisotopic (exact) mass is 294 g/mol. The lowest BCUT2D eigenvalue weighted by Gasteiger charge is -2.19. The molecule has 0 saturated heterocycles. The molecule has 3 nitrogen and oxygen atoms in total. The number of carbonyl (C=O) groups excluding carboxylic acids is 1. The third-order valence-electron chi connectivity index (χ3n) is 3.35. The van der Waals surface area contributed by atoms with Gasteiger partial charge in [0.2, 0.25) is 0 Å². The molecule has 114 valence electrons. The Bertz CT molecular complexity index is 652. The number of para-hydroxylation sites is 1. The summed E-state index contributed by atoms with van der Waals surface area (Å²) in [5.41, 5.74) is 2.78. The van der Waals surface area contributed by atoms with Crippen molar-refractivity contribution in [3.63, 3.8) is 0 Å². The van der Waals surface area contributed by atoms with Crippen molar-refractivity contribution < 1.29 is 4.79 Å². The number of carbonyl (C=O) groups is 1. The van der Waals surface area contributed by atoms with Gasteiger partial charge in [-0.15, -0.1) is 0 Å². The number of rotatable bonds is 4. The smallest absolute Gasteiger partial charge is 0.256 e. The summed E-state index contributed by atoms with van der Waals surface area (Å²) in [4.78, 5) is 12.2. The summed E-state index contributed by atoms with van der Waals surface area (Å²) in [5, 5.41) is 5.81. The first-order valence-electron chi connectivity index (χ1n) is 7.29. The van der Waals surface area contributed by atoms with Crippen LogP contribution in [0.4, 0.5) is 5.69 Å². The molecule has 2 N–H and O–H groups in total.